The van der Waals surface area contributed by atoms with Gasteiger partial charge < -0.3 is 19.6 Å². The monoisotopic (exact) mass is 838 g/mol. The summed E-state index contributed by atoms with van der Waals surface area (Å²) < 4.78 is 44.9. The third kappa shape index (κ3) is 9.82. The van der Waals surface area contributed by atoms with Gasteiger partial charge in [-0.05, 0) is 111 Å². The average molecular weight is 838 g/mol. The number of ether oxygens (including phenoxy) is 1. The highest BCUT2D eigenvalue weighted by molar-refractivity contribution is 6.04. The van der Waals surface area contributed by atoms with Crippen LogP contribution in [0.25, 0.3) is 0 Å². The number of Topliss-reactive ketones (excluding diaryl/α,β-unsaturated/α-hetero) is 1. The van der Waals surface area contributed by atoms with E-state index < -0.39 is 12.0 Å². The molecule has 1 aromatic carbocycles. The number of ketones is 1. The number of alkyl halides is 3. The molecule has 7 aliphatic rings. The largest absolute Gasteiger partial charge is 0.492 e. The molecule has 6 atom stereocenters. The minimum absolute atomic E-state index is 0.0168. The molecule has 0 spiro atoms. The normalized spacial score (nSPS) is 31.0. The van der Waals surface area contributed by atoms with Crippen molar-refractivity contribution < 1.29 is 27.8 Å². The topological polar surface area (TPSA) is 120 Å². The number of hydrogen-bond donors (Lipinski definition) is 3. The van der Waals surface area contributed by atoms with Crippen LogP contribution in [0.2, 0.25) is 0 Å². The number of amidine groups is 3. The van der Waals surface area contributed by atoms with E-state index in [9.17, 15) is 23.1 Å². The maximum Gasteiger partial charge on any atom is 0.451 e. The van der Waals surface area contributed by atoms with Crippen LogP contribution in [0.1, 0.15) is 123 Å². The Bertz CT molecular complexity index is 1770. The number of likely N-dealkylation sites (tertiary alicyclic amines) is 1. The van der Waals surface area contributed by atoms with E-state index in [2.05, 4.69) is 53.5 Å². The van der Waals surface area contributed by atoms with E-state index in [1.54, 1.807) is 0 Å². The second-order valence-electron chi connectivity index (χ2n) is 18.4. The molecule has 3 heterocycles. The summed E-state index contributed by atoms with van der Waals surface area (Å²) in [5.41, 5.74) is 4.16. The summed E-state index contributed by atoms with van der Waals surface area (Å²) in [4.78, 5) is 19.1. The molecular formula is C47H70F3N7O3. The first-order chi connectivity index (χ1) is 28.6. The van der Waals surface area contributed by atoms with Gasteiger partial charge >= 0.3 is 6.18 Å². The van der Waals surface area contributed by atoms with Gasteiger partial charge in [-0.3, -0.25) is 20.5 Å². The van der Waals surface area contributed by atoms with E-state index in [1.165, 1.54) is 17.6 Å². The number of carbonyl (C=O) groups excluding carboxylic acids is 1. The summed E-state index contributed by atoms with van der Waals surface area (Å²) in [6, 6.07) is 8.23. The molecule has 3 aliphatic heterocycles. The molecule has 6 unspecified atom stereocenters. The number of fused-ring (bicyclic) bond motifs is 5. The van der Waals surface area contributed by atoms with Gasteiger partial charge in [-0.15, -0.1) is 0 Å². The van der Waals surface area contributed by atoms with Gasteiger partial charge in [-0.2, -0.15) is 23.3 Å². The predicted octanol–water partition coefficient (Wildman–Crippen LogP) is 9.23. The number of carbonyl (C=O) groups is 1. The lowest BCUT2D eigenvalue weighted by Crippen LogP contribution is -2.50. The van der Waals surface area contributed by atoms with Crippen LogP contribution in [-0.4, -0.2) is 113 Å². The highest BCUT2D eigenvalue weighted by atomic mass is 19.4. The first-order valence-electron chi connectivity index (χ1n) is 22.7. The Balaban J connectivity index is 0.000000220. The predicted molar refractivity (Wildman–Crippen MR) is 232 cm³/mol. The lowest BCUT2D eigenvalue weighted by Gasteiger charge is -2.56. The lowest BCUT2D eigenvalue weighted by molar-refractivity contribution is -0.132. The molecule has 13 heteroatoms. The van der Waals surface area contributed by atoms with Gasteiger partial charge in [0.05, 0.1) is 6.10 Å². The van der Waals surface area contributed by atoms with Gasteiger partial charge in [0.1, 0.15) is 29.8 Å². The van der Waals surface area contributed by atoms with Crippen molar-refractivity contribution >= 4 is 23.3 Å². The van der Waals surface area contributed by atoms with E-state index in [1.807, 2.05) is 37.8 Å². The lowest BCUT2D eigenvalue weighted by atomic mass is 9.48. The van der Waals surface area contributed by atoms with E-state index in [4.69, 9.17) is 15.6 Å². The minimum Gasteiger partial charge on any atom is -0.492 e. The van der Waals surface area contributed by atoms with Crippen molar-refractivity contribution in [3.05, 3.63) is 53.8 Å². The van der Waals surface area contributed by atoms with Gasteiger partial charge in [-0.1, -0.05) is 58.1 Å². The Morgan fingerprint density at radius 3 is 2.23 bits per heavy atom. The molecular weight excluding hydrogens is 768 g/mol. The van der Waals surface area contributed by atoms with E-state index in [-0.39, 0.29) is 23.8 Å². The number of aliphatic hydroxyl groups excluding tert-OH is 1. The number of nitrogens with zero attached hydrogens (tertiary/aromatic N) is 5. The first-order valence-corrected chi connectivity index (χ1v) is 22.7. The fourth-order valence-corrected chi connectivity index (χ4v) is 11.5. The molecule has 0 bridgehead atoms. The third-order valence-corrected chi connectivity index (χ3v) is 15.1. The van der Waals surface area contributed by atoms with E-state index in [0.29, 0.717) is 65.9 Å². The molecule has 0 radical (unpaired) electrons. The van der Waals surface area contributed by atoms with E-state index in [0.717, 1.165) is 108 Å². The third-order valence-electron chi connectivity index (χ3n) is 15.1. The highest BCUT2D eigenvalue weighted by Gasteiger charge is 2.58. The molecule has 3 saturated carbocycles. The number of piperazine rings is 1. The van der Waals surface area contributed by atoms with Crippen LogP contribution in [0.4, 0.5) is 13.2 Å². The minimum atomic E-state index is -4.83. The second-order valence-corrected chi connectivity index (χ2v) is 18.4. The summed E-state index contributed by atoms with van der Waals surface area (Å²) in [6.07, 6.45) is 8.16. The van der Waals surface area contributed by atoms with Crippen LogP contribution in [0.5, 0.6) is 5.75 Å². The number of allylic oxidation sites excluding steroid dienone is 2. The SMILES string of the molecule is C=C(C)N1CCN(CCOc2ccc(C3CCN(C4=NN(C(=N)C(F)(F)F)C(=N)CC4)CC3)cc2)CC1.CC.CC12CCC3C(CC=C4CC(O)CCC43C)C1CCC2=O. The van der Waals surface area contributed by atoms with Crippen molar-refractivity contribution in [2.24, 2.45) is 33.7 Å². The summed E-state index contributed by atoms with van der Waals surface area (Å²) in [6.45, 7) is 21.7. The molecule has 8 rings (SSSR count). The van der Waals surface area contributed by atoms with Gasteiger partial charge in [0.15, 0.2) is 0 Å². The maximum atomic E-state index is 13.0. The van der Waals surface area contributed by atoms with Crippen molar-refractivity contribution in [1.82, 2.24) is 19.7 Å². The number of hydrazone groups is 1. The number of piperidine rings is 1. The molecule has 4 aliphatic carbocycles. The smallest absolute Gasteiger partial charge is 0.451 e. The Hall–Kier alpha value is -3.71. The van der Waals surface area contributed by atoms with Crippen LogP contribution in [0, 0.1) is 39.4 Å². The number of rotatable bonds is 6. The Kier molecular flexibility index (Phi) is 14.6. The number of hydrogen-bond acceptors (Lipinski definition) is 9. The molecule has 332 valence electrons. The van der Waals surface area contributed by atoms with Crippen LogP contribution >= 0.6 is 0 Å². The van der Waals surface area contributed by atoms with Crippen molar-refractivity contribution in [2.45, 2.75) is 130 Å². The maximum absolute atomic E-state index is 13.0. The fourth-order valence-electron chi connectivity index (χ4n) is 11.5. The summed E-state index contributed by atoms with van der Waals surface area (Å²) in [7, 11) is 0. The molecule has 0 aromatic heterocycles. The zero-order chi connectivity index (χ0) is 43.4. The highest BCUT2D eigenvalue weighted by Crippen LogP contribution is 2.64. The molecule has 60 heavy (non-hydrogen) atoms. The van der Waals surface area contributed by atoms with Crippen LogP contribution in [-0.2, 0) is 4.79 Å². The van der Waals surface area contributed by atoms with Crippen LogP contribution < -0.4 is 4.74 Å². The molecule has 5 fully saturated rings. The quantitative estimate of drug-likeness (QED) is 0.149. The summed E-state index contributed by atoms with van der Waals surface area (Å²) in [5, 5.41) is 29.6. The van der Waals surface area contributed by atoms with Gasteiger partial charge in [0.25, 0.3) is 0 Å². The average Bonchev–Trinajstić information content (AvgIpc) is 3.55. The molecule has 10 nitrogen and oxygen atoms in total. The van der Waals surface area contributed by atoms with Crippen molar-refractivity contribution in [3.8, 4) is 5.75 Å². The Labute approximate surface area is 356 Å². The molecule has 0 amide bonds. The summed E-state index contributed by atoms with van der Waals surface area (Å²) in [5.74, 6) is 2.43. The zero-order valence-corrected chi connectivity index (χ0v) is 36.8. The van der Waals surface area contributed by atoms with Crippen LogP contribution in [0.15, 0.2) is 53.3 Å². The molecule has 2 saturated heterocycles. The number of benzene rings is 1. The van der Waals surface area contributed by atoms with E-state index >= 15 is 0 Å². The van der Waals surface area contributed by atoms with Crippen molar-refractivity contribution in [1.29, 1.82) is 10.8 Å². The van der Waals surface area contributed by atoms with Crippen molar-refractivity contribution in [2.75, 3.05) is 52.4 Å². The second kappa shape index (κ2) is 19.1. The van der Waals surface area contributed by atoms with Gasteiger partial charge in [-0.25, -0.2) is 0 Å². The van der Waals surface area contributed by atoms with Crippen LogP contribution in [0.3, 0.4) is 0 Å². The number of nitrogens with one attached hydrogen (secondary N) is 2. The first kappa shape index (κ1) is 45.8. The standard InChI is InChI=1S/C26H36F3N7O.C19H28O2.C2H6/c1-19(2)34-15-13-33(14-16-34)17-18-37-22-5-3-20(4-6-22)21-9-11-35(12-10-21)24-8-7-23(30)36(32-24)25(31)26(27,28)29;1-18-9-7-13(20)11-12(18)3-4-14-15-5-6-17(21)19(15,2)10-8-16(14)18;1-2/h3-6,21,30-31H,1,7-18H2,2H3;3,13-16,20H,4-11H2,1-2H3;1-2H3. The van der Waals surface area contributed by atoms with Crippen molar-refractivity contribution in [3.63, 3.8) is 0 Å². The Morgan fingerprint density at radius 1 is 0.933 bits per heavy atom. The fraction of sp³-hybridized carbons (Fsp3) is 0.702. The Morgan fingerprint density at radius 2 is 1.58 bits per heavy atom. The number of halogens is 3. The molecule has 1 aromatic rings. The molecule has 3 N–H and O–H groups in total. The summed E-state index contributed by atoms with van der Waals surface area (Å²) >= 11 is 0. The number of aliphatic hydroxyl groups is 1. The van der Waals surface area contributed by atoms with Gasteiger partial charge in [0, 0.05) is 76.2 Å². The van der Waals surface area contributed by atoms with Gasteiger partial charge in [0.2, 0.25) is 5.84 Å². The zero-order valence-electron chi connectivity index (χ0n) is 36.8.